The summed E-state index contributed by atoms with van der Waals surface area (Å²) < 4.78 is 0. The van der Waals surface area contributed by atoms with Crippen molar-refractivity contribution in [3.05, 3.63) is 23.8 Å². The topological polar surface area (TPSA) is 102 Å². The first-order valence-corrected chi connectivity index (χ1v) is 9.21. The first-order valence-electron chi connectivity index (χ1n) is 9.21. The number of aliphatic hydroxyl groups excluding tert-OH is 1. The molecule has 3 amide bonds. The SMILES string of the molecule is Cc1ccc(NC(=O)N2CCC(O)(CO)C2)cc1NC(=O)C1CCCC1. The Morgan fingerprint density at radius 3 is 2.65 bits per heavy atom. The molecule has 4 N–H and O–H groups in total. The molecule has 1 atom stereocenters. The van der Waals surface area contributed by atoms with E-state index in [9.17, 15) is 19.8 Å². The highest BCUT2D eigenvalue weighted by Gasteiger charge is 2.37. The quantitative estimate of drug-likeness (QED) is 0.659. The Labute approximate surface area is 153 Å². The van der Waals surface area contributed by atoms with E-state index >= 15 is 0 Å². The standard InChI is InChI=1S/C19H27N3O4/c1-13-6-7-15(10-16(13)21-17(24)14-4-2-3-5-14)20-18(25)22-9-8-19(26,11-22)12-23/h6-7,10,14,23,26H,2-5,8-9,11-12H2,1H3,(H,20,25)(H,21,24). The number of anilines is 2. The van der Waals surface area contributed by atoms with Crippen molar-refractivity contribution in [2.75, 3.05) is 30.3 Å². The molecule has 2 aliphatic rings. The van der Waals surface area contributed by atoms with E-state index in [-0.39, 0.29) is 31.0 Å². The number of rotatable bonds is 4. The van der Waals surface area contributed by atoms with Gasteiger partial charge in [0.1, 0.15) is 5.60 Å². The van der Waals surface area contributed by atoms with Gasteiger partial charge in [0.15, 0.2) is 0 Å². The minimum atomic E-state index is -1.22. The number of nitrogens with zero attached hydrogens (tertiary/aromatic N) is 1. The lowest BCUT2D eigenvalue weighted by Crippen LogP contribution is -2.40. The lowest BCUT2D eigenvalue weighted by atomic mass is 10.1. The average Bonchev–Trinajstić information content (AvgIpc) is 3.28. The highest BCUT2D eigenvalue weighted by Crippen LogP contribution is 2.28. The van der Waals surface area contributed by atoms with Gasteiger partial charge >= 0.3 is 6.03 Å². The number of aliphatic hydroxyl groups is 2. The Balaban J connectivity index is 1.63. The first-order chi connectivity index (χ1) is 12.4. The van der Waals surface area contributed by atoms with Gasteiger partial charge in [-0.1, -0.05) is 18.9 Å². The number of nitrogens with one attached hydrogen (secondary N) is 2. The number of likely N-dealkylation sites (tertiary alicyclic amines) is 1. The van der Waals surface area contributed by atoms with Crippen LogP contribution in [-0.4, -0.2) is 52.3 Å². The molecule has 1 heterocycles. The van der Waals surface area contributed by atoms with Crippen LogP contribution in [0.15, 0.2) is 18.2 Å². The Morgan fingerprint density at radius 2 is 2.00 bits per heavy atom. The van der Waals surface area contributed by atoms with Gasteiger partial charge in [-0.3, -0.25) is 4.79 Å². The van der Waals surface area contributed by atoms with Crippen LogP contribution in [0.5, 0.6) is 0 Å². The van der Waals surface area contributed by atoms with Crippen molar-refractivity contribution in [3.63, 3.8) is 0 Å². The summed E-state index contributed by atoms with van der Waals surface area (Å²) in [5, 5.41) is 25.0. The molecule has 7 heteroatoms. The van der Waals surface area contributed by atoms with Crippen LogP contribution in [0.25, 0.3) is 0 Å². The average molecular weight is 361 g/mol. The van der Waals surface area contributed by atoms with Crippen LogP contribution < -0.4 is 10.6 Å². The van der Waals surface area contributed by atoms with Crippen LogP contribution >= 0.6 is 0 Å². The third kappa shape index (κ3) is 4.16. The Kier molecular flexibility index (Phi) is 5.48. The van der Waals surface area contributed by atoms with Gasteiger partial charge in [0.25, 0.3) is 0 Å². The molecular formula is C19H27N3O4. The number of aryl methyl sites for hydroxylation is 1. The number of amides is 3. The van der Waals surface area contributed by atoms with E-state index in [1.54, 1.807) is 12.1 Å². The van der Waals surface area contributed by atoms with E-state index in [2.05, 4.69) is 10.6 Å². The molecule has 26 heavy (non-hydrogen) atoms. The number of carbonyl (C=O) groups is 2. The monoisotopic (exact) mass is 361 g/mol. The van der Waals surface area contributed by atoms with Gasteiger partial charge in [-0.25, -0.2) is 4.79 Å². The molecule has 7 nitrogen and oxygen atoms in total. The predicted molar refractivity (Wildman–Crippen MR) is 99.0 cm³/mol. The molecule has 1 aliphatic heterocycles. The summed E-state index contributed by atoms with van der Waals surface area (Å²) >= 11 is 0. The molecule has 0 radical (unpaired) electrons. The summed E-state index contributed by atoms with van der Waals surface area (Å²) in [4.78, 5) is 26.2. The van der Waals surface area contributed by atoms with E-state index in [1.807, 2.05) is 13.0 Å². The molecule has 1 unspecified atom stereocenters. The molecule has 1 aliphatic carbocycles. The van der Waals surface area contributed by atoms with Crippen LogP contribution in [0.2, 0.25) is 0 Å². The fourth-order valence-electron chi connectivity index (χ4n) is 3.62. The molecule has 0 spiro atoms. The molecule has 3 rings (SSSR count). The summed E-state index contributed by atoms with van der Waals surface area (Å²) in [6.07, 6.45) is 4.42. The second-order valence-corrected chi connectivity index (χ2v) is 7.48. The summed E-state index contributed by atoms with van der Waals surface area (Å²) in [5.41, 5.74) is 1.00. The molecule has 142 valence electrons. The van der Waals surface area contributed by atoms with Crippen molar-refractivity contribution in [2.45, 2.75) is 44.6 Å². The van der Waals surface area contributed by atoms with Crippen molar-refractivity contribution < 1.29 is 19.8 Å². The van der Waals surface area contributed by atoms with E-state index in [4.69, 9.17) is 0 Å². The summed E-state index contributed by atoms with van der Waals surface area (Å²) in [7, 11) is 0. The van der Waals surface area contributed by atoms with Gasteiger partial charge in [-0.2, -0.15) is 0 Å². The van der Waals surface area contributed by atoms with Crippen LogP contribution in [0.1, 0.15) is 37.7 Å². The van der Waals surface area contributed by atoms with Crippen LogP contribution in [0, 0.1) is 12.8 Å². The minimum absolute atomic E-state index is 0.0432. The highest BCUT2D eigenvalue weighted by molar-refractivity contribution is 5.95. The molecule has 1 aromatic rings. The maximum atomic E-state index is 12.4. The maximum Gasteiger partial charge on any atom is 0.321 e. The summed E-state index contributed by atoms with van der Waals surface area (Å²) in [5.74, 6) is 0.120. The smallest absolute Gasteiger partial charge is 0.321 e. The molecule has 1 aromatic carbocycles. The van der Waals surface area contributed by atoms with Gasteiger partial charge < -0.3 is 25.7 Å². The normalized spacial score (nSPS) is 23.3. The molecule has 0 bridgehead atoms. The zero-order valence-electron chi connectivity index (χ0n) is 15.1. The predicted octanol–water partition coefficient (Wildman–Crippen LogP) is 2.08. The van der Waals surface area contributed by atoms with E-state index < -0.39 is 5.60 Å². The second-order valence-electron chi connectivity index (χ2n) is 7.48. The van der Waals surface area contributed by atoms with Gasteiger partial charge in [-0.05, 0) is 43.9 Å². The van der Waals surface area contributed by atoms with E-state index in [1.165, 1.54) is 4.90 Å². The Morgan fingerprint density at radius 1 is 1.27 bits per heavy atom. The third-order valence-corrected chi connectivity index (χ3v) is 5.39. The van der Waals surface area contributed by atoms with Gasteiger partial charge in [0.2, 0.25) is 5.91 Å². The molecular weight excluding hydrogens is 334 g/mol. The third-order valence-electron chi connectivity index (χ3n) is 5.39. The first kappa shape index (κ1) is 18.7. The maximum absolute atomic E-state index is 12.4. The van der Waals surface area contributed by atoms with Crippen LogP contribution in [0.4, 0.5) is 16.2 Å². The zero-order chi connectivity index (χ0) is 18.7. The number of hydrogen-bond donors (Lipinski definition) is 4. The summed E-state index contributed by atoms with van der Waals surface area (Å²) in [6.45, 7) is 2.04. The Hall–Kier alpha value is -2.12. The molecule has 1 saturated heterocycles. The minimum Gasteiger partial charge on any atom is -0.393 e. The number of urea groups is 1. The number of β-amino-alcohol motifs (C(OH)–C–C–N with tert-alkyl or cyclic N) is 1. The van der Waals surface area contributed by atoms with Crippen molar-refractivity contribution in [1.82, 2.24) is 4.90 Å². The fourth-order valence-corrected chi connectivity index (χ4v) is 3.62. The number of carbonyl (C=O) groups excluding carboxylic acids is 2. The molecule has 2 fully saturated rings. The van der Waals surface area contributed by atoms with Crippen molar-refractivity contribution >= 4 is 23.3 Å². The molecule has 0 aromatic heterocycles. The van der Waals surface area contributed by atoms with Crippen LogP contribution in [-0.2, 0) is 4.79 Å². The largest absolute Gasteiger partial charge is 0.393 e. The number of hydrogen-bond acceptors (Lipinski definition) is 4. The van der Waals surface area contributed by atoms with Gasteiger partial charge in [-0.15, -0.1) is 0 Å². The zero-order valence-corrected chi connectivity index (χ0v) is 15.1. The van der Waals surface area contributed by atoms with Gasteiger partial charge in [0, 0.05) is 23.8 Å². The fraction of sp³-hybridized carbons (Fsp3) is 0.579. The lowest BCUT2D eigenvalue weighted by Gasteiger charge is -2.21. The van der Waals surface area contributed by atoms with Gasteiger partial charge in [0.05, 0.1) is 13.2 Å². The van der Waals surface area contributed by atoms with Crippen molar-refractivity contribution in [2.24, 2.45) is 5.92 Å². The Bertz CT molecular complexity index is 687. The lowest BCUT2D eigenvalue weighted by molar-refractivity contribution is -0.119. The van der Waals surface area contributed by atoms with Crippen LogP contribution in [0.3, 0.4) is 0 Å². The second kappa shape index (κ2) is 7.63. The van der Waals surface area contributed by atoms with Crippen molar-refractivity contribution in [3.8, 4) is 0 Å². The number of benzene rings is 1. The van der Waals surface area contributed by atoms with E-state index in [0.29, 0.717) is 24.3 Å². The molecule has 1 saturated carbocycles. The van der Waals surface area contributed by atoms with E-state index in [0.717, 1.165) is 31.2 Å². The summed E-state index contributed by atoms with van der Waals surface area (Å²) in [6, 6.07) is 5.07. The highest BCUT2D eigenvalue weighted by atomic mass is 16.3. The van der Waals surface area contributed by atoms with Crippen molar-refractivity contribution in [1.29, 1.82) is 0 Å².